The van der Waals surface area contributed by atoms with Gasteiger partial charge >= 0.3 is 0 Å². The van der Waals surface area contributed by atoms with Gasteiger partial charge in [0.1, 0.15) is 0 Å². The summed E-state index contributed by atoms with van der Waals surface area (Å²) in [5, 5.41) is 27.0. The first-order valence-corrected chi connectivity index (χ1v) is 25.2. The molecule has 3 nitrogen and oxygen atoms in total. The first-order valence-electron chi connectivity index (χ1n) is 25.2. The minimum Gasteiger partial charge on any atom is -0.464 e. The van der Waals surface area contributed by atoms with Crippen LogP contribution in [0.4, 0.5) is 5.69 Å². The van der Waals surface area contributed by atoms with Crippen LogP contribution in [-0.4, -0.2) is 4.98 Å². The van der Waals surface area contributed by atoms with E-state index >= 15 is 0 Å². The standard InChI is InChI=1S/C70H42N2O/c1-3-19-49-45(15-1)47-17-5-7-23-53(47)63-37-43(33-35-56(49)63)61-39-65-62(41-29-31-42(32-30-41)70-72-68-59-27-13-9-21-51(59)52-22-11-14-28-60(52)69(68)73-70)40-66(71-67(65)58-26-12-10-25-55(58)61)44-34-36-57-50-20-4-2-16-46(50)48-18-6-8-24-54(48)64(57)38-44/h1-40,70,72H. The third kappa shape index (κ3) is 5.97. The van der Waals surface area contributed by atoms with Crippen LogP contribution in [0.1, 0.15) is 11.8 Å². The van der Waals surface area contributed by atoms with E-state index < -0.39 is 0 Å². The lowest BCUT2D eigenvalue weighted by Crippen LogP contribution is -2.10. The number of benzene rings is 14. The molecular formula is C70H42N2O. The lowest BCUT2D eigenvalue weighted by molar-refractivity contribution is 0.262. The topological polar surface area (TPSA) is 34.1 Å². The molecule has 0 saturated carbocycles. The smallest absolute Gasteiger partial charge is 0.196 e. The Hall–Kier alpha value is -9.57. The second-order valence-corrected chi connectivity index (χ2v) is 19.7. The van der Waals surface area contributed by atoms with Gasteiger partial charge in [-0.2, -0.15) is 0 Å². The Labute approximate surface area is 420 Å². The highest BCUT2D eigenvalue weighted by Crippen LogP contribution is 2.49. The van der Waals surface area contributed by atoms with Gasteiger partial charge in [-0.1, -0.05) is 218 Å². The van der Waals surface area contributed by atoms with Crippen LogP contribution in [0.15, 0.2) is 243 Å². The van der Waals surface area contributed by atoms with Crippen molar-refractivity contribution in [1.29, 1.82) is 0 Å². The largest absolute Gasteiger partial charge is 0.464 e. The number of pyridine rings is 1. The minimum atomic E-state index is -0.344. The summed E-state index contributed by atoms with van der Waals surface area (Å²) in [6, 6.07) is 88.9. The molecule has 0 radical (unpaired) electrons. The van der Waals surface area contributed by atoms with Crippen LogP contribution in [0.3, 0.4) is 0 Å². The van der Waals surface area contributed by atoms with E-state index in [9.17, 15) is 0 Å². The van der Waals surface area contributed by atoms with Crippen LogP contribution >= 0.6 is 0 Å². The van der Waals surface area contributed by atoms with Crippen molar-refractivity contribution in [2.24, 2.45) is 0 Å². The van der Waals surface area contributed by atoms with Gasteiger partial charge in [-0.25, -0.2) is 4.98 Å². The fourth-order valence-corrected chi connectivity index (χ4v) is 12.5. The highest BCUT2D eigenvalue weighted by molar-refractivity contribution is 6.28. The van der Waals surface area contributed by atoms with Gasteiger partial charge in [-0.3, -0.25) is 0 Å². The molecule has 0 spiro atoms. The lowest BCUT2D eigenvalue weighted by atomic mass is 9.88. The first-order chi connectivity index (χ1) is 36.2. The molecule has 0 bridgehead atoms. The average molecular weight is 927 g/mol. The van der Waals surface area contributed by atoms with E-state index in [0.29, 0.717) is 0 Å². The number of anilines is 1. The third-order valence-corrected chi connectivity index (χ3v) is 15.8. The molecule has 16 rings (SSSR count). The van der Waals surface area contributed by atoms with Crippen LogP contribution in [0.2, 0.25) is 0 Å². The van der Waals surface area contributed by atoms with Gasteiger partial charge in [0, 0.05) is 32.7 Å². The Morgan fingerprint density at radius 2 is 0.671 bits per heavy atom. The predicted molar refractivity (Wildman–Crippen MR) is 309 cm³/mol. The molecule has 1 aliphatic rings. The van der Waals surface area contributed by atoms with Crippen molar-refractivity contribution in [3.8, 4) is 39.3 Å². The van der Waals surface area contributed by atoms with Gasteiger partial charge in [0.2, 0.25) is 0 Å². The average Bonchev–Trinajstić information content (AvgIpc) is 3.93. The van der Waals surface area contributed by atoms with E-state index in [1.54, 1.807) is 0 Å². The molecule has 0 amide bonds. The molecule has 1 aromatic heterocycles. The normalized spacial score (nSPS) is 13.6. The molecule has 14 aromatic carbocycles. The maximum atomic E-state index is 6.87. The van der Waals surface area contributed by atoms with E-state index in [4.69, 9.17) is 9.72 Å². The molecule has 1 atom stereocenters. The second kappa shape index (κ2) is 15.5. The van der Waals surface area contributed by atoms with E-state index in [2.05, 4.69) is 248 Å². The van der Waals surface area contributed by atoms with Crippen LogP contribution in [0, 0.1) is 0 Å². The lowest BCUT2D eigenvalue weighted by Gasteiger charge is -2.18. The number of rotatable bonds is 4. The number of hydrogen-bond donors (Lipinski definition) is 1. The zero-order chi connectivity index (χ0) is 47.7. The van der Waals surface area contributed by atoms with E-state index in [1.165, 1.54) is 91.9 Å². The minimum absolute atomic E-state index is 0.344. The SMILES string of the molecule is c1ccc2c(c1)c1c(c3ccccc32)OC(c2ccc(-c3cc(-c4ccc5c6ccccc6c6ccccc6c5c4)nc4c3cc(-c3ccc5c6ccccc6c6ccccc6c5c3)c3ccccc34)cc2)N1. The van der Waals surface area contributed by atoms with Crippen molar-refractivity contribution in [2.75, 3.05) is 5.32 Å². The molecular weight excluding hydrogens is 885 g/mol. The summed E-state index contributed by atoms with van der Waals surface area (Å²) in [6.45, 7) is 0. The molecule has 2 heterocycles. The van der Waals surface area contributed by atoms with Crippen molar-refractivity contribution in [3.63, 3.8) is 0 Å². The van der Waals surface area contributed by atoms with Crippen LogP contribution in [-0.2, 0) is 0 Å². The molecule has 3 heteroatoms. The third-order valence-electron chi connectivity index (χ3n) is 15.8. The summed E-state index contributed by atoms with van der Waals surface area (Å²) in [5.41, 5.74) is 9.68. The van der Waals surface area contributed by atoms with Gasteiger partial charge in [-0.05, 0) is 127 Å². The Balaban J connectivity index is 0.908. The van der Waals surface area contributed by atoms with Gasteiger partial charge < -0.3 is 10.1 Å². The number of aromatic nitrogens is 1. The van der Waals surface area contributed by atoms with Crippen molar-refractivity contribution in [1.82, 2.24) is 4.98 Å². The molecule has 15 aromatic rings. The van der Waals surface area contributed by atoms with Gasteiger partial charge in [0.25, 0.3) is 0 Å². The molecule has 338 valence electrons. The highest BCUT2D eigenvalue weighted by atomic mass is 16.5. The van der Waals surface area contributed by atoms with Crippen LogP contribution in [0.5, 0.6) is 5.75 Å². The molecule has 73 heavy (non-hydrogen) atoms. The Morgan fingerprint density at radius 3 is 1.22 bits per heavy atom. The predicted octanol–water partition coefficient (Wildman–Crippen LogP) is 19.1. The summed E-state index contributed by atoms with van der Waals surface area (Å²) in [7, 11) is 0. The zero-order valence-corrected chi connectivity index (χ0v) is 39.5. The second-order valence-electron chi connectivity index (χ2n) is 19.7. The van der Waals surface area contributed by atoms with Gasteiger partial charge in [0.15, 0.2) is 12.0 Å². The Bertz CT molecular complexity index is 4730. The van der Waals surface area contributed by atoms with E-state index in [-0.39, 0.29) is 6.23 Å². The maximum absolute atomic E-state index is 6.87. The molecule has 0 saturated heterocycles. The summed E-state index contributed by atoms with van der Waals surface area (Å²) in [4.78, 5) is 5.69. The van der Waals surface area contributed by atoms with Gasteiger partial charge in [-0.15, -0.1) is 0 Å². The Morgan fingerprint density at radius 1 is 0.288 bits per heavy atom. The molecule has 0 fully saturated rings. The molecule has 1 aliphatic heterocycles. The Kier molecular flexibility index (Phi) is 8.51. The highest BCUT2D eigenvalue weighted by Gasteiger charge is 2.28. The number of nitrogens with zero attached hydrogens (tertiary/aromatic N) is 1. The maximum Gasteiger partial charge on any atom is 0.196 e. The number of fused-ring (bicyclic) bond motifs is 21. The van der Waals surface area contributed by atoms with Crippen molar-refractivity contribution >= 4 is 114 Å². The summed E-state index contributed by atoms with van der Waals surface area (Å²) < 4.78 is 6.87. The monoisotopic (exact) mass is 926 g/mol. The fraction of sp³-hybridized carbons (Fsp3) is 0.0143. The zero-order valence-electron chi connectivity index (χ0n) is 39.5. The van der Waals surface area contributed by atoms with Crippen LogP contribution < -0.4 is 10.1 Å². The molecule has 1 unspecified atom stereocenters. The summed E-state index contributed by atoms with van der Waals surface area (Å²) >= 11 is 0. The van der Waals surface area contributed by atoms with Crippen molar-refractivity contribution in [3.05, 3.63) is 248 Å². The van der Waals surface area contributed by atoms with E-state index in [0.717, 1.165) is 66.4 Å². The van der Waals surface area contributed by atoms with Crippen molar-refractivity contribution in [2.45, 2.75) is 6.23 Å². The number of ether oxygens (including phenoxy) is 1. The summed E-state index contributed by atoms with van der Waals surface area (Å²) in [5.74, 6) is 0.901. The molecule has 1 N–H and O–H groups in total. The first kappa shape index (κ1) is 40.2. The van der Waals surface area contributed by atoms with Gasteiger partial charge in [0.05, 0.1) is 16.9 Å². The number of nitrogens with one attached hydrogen (secondary N) is 1. The fourth-order valence-electron chi connectivity index (χ4n) is 12.5. The van der Waals surface area contributed by atoms with Crippen LogP contribution in [0.25, 0.3) is 141 Å². The van der Waals surface area contributed by atoms with Crippen molar-refractivity contribution < 1.29 is 4.74 Å². The quantitative estimate of drug-likeness (QED) is 0.179. The summed E-state index contributed by atoms with van der Waals surface area (Å²) in [6.07, 6.45) is -0.344. The molecule has 0 aliphatic carbocycles. The van der Waals surface area contributed by atoms with E-state index in [1.807, 2.05) is 0 Å². The number of hydrogen-bond acceptors (Lipinski definition) is 3.